The largest absolute Gasteiger partial charge is 0.334 e. The van der Waals surface area contributed by atoms with Crippen LogP contribution in [-0.4, -0.2) is 18.3 Å². The minimum atomic E-state index is -0.263. The summed E-state index contributed by atoms with van der Waals surface area (Å²) in [5.74, 6) is 0.677. The van der Waals surface area contributed by atoms with Gasteiger partial charge < -0.3 is 10.6 Å². The van der Waals surface area contributed by atoms with Crippen LogP contribution in [0.2, 0.25) is 0 Å². The van der Waals surface area contributed by atoms with Gasteiger partial charge >= 0.3 is 6.03 Å². The van der Waals surface area contributed by atoms with E-state index < -0.39 is 0 Å². The Morgan fingerprint density at radius 1 is 1.58 bits per heavy atom. The number of nitrogens with zero attached hydrogens (tertiary/aromatic N) is 1. The minimum Gasteiger partial charge on any atom is -0.334 e. The third kappa shape index (κ3) is 5.49. The van der Waals surface area contributed by atoms with E-state index in [1.165, 1.54) is 0 Å². The van der Waals surface area contributed by atoms with Crippen LogP contribution in [0.1, 0.15) is 6.92 Å². The van der Waals surface area contributed by atoms with Crippen molar-refractivity contribution in [3.63, 3.8) is 0 Å². The maximum absolute atomic E-state index is 11.6. The van der Waals surface area contributed by atoms with Gasteiger partial charge in [0, 0.05) is 17.2 Å². The van der Waals surface area contributed by atoms with Crippen LogP contribution < -0.4 is 10.6 Å². The lowest BCUT2D eigenvalue weighted by Gasteiger charge is -2.11. The summed E-state index contributed by atoms with van der Waals surface area (Å²) in [5.41, 5.74) is 0.749. The second-order valence-corrected chi connectivity index (χ2v) is 5.02. The molecule has 2 amide bonds. The molecular weight excluding hydrogens is 258 g/mol. The molecule has 0 bridgehead atoms. The molecule has 0 aliphatic carbocycles. The van der Waals surface area contributed by atoms with Crippen molar-refractivity contribution in [2.24, 2.45) is 5.92 Å². The van der Waals surface area contributed by atoms with E-state index in [0.29, 0.717) is 12.3 Å². The molecule has 0 radical (unpaired) electrons. The van der Waals surface area contributed by atoms with E-state index in [1.807, 2.05) is 31.2 Å². The molecule has 5 heteroatoms. The monoisotopic (exact) mass is 275 g/mol. The summed E-state index contributed by atoms with van der Waals surface area (Å²) >= 11 is 1.56. The van der Waals surface area contributed by atoms with Gasteiger partial charge in [-0.2, -0.15) is 5.26 Å². The zero-order chi connectivity index (χ0) is 14.1. The summed E-state index contributed by atoms with van der Waals surface area (Å²) < 4.78 is 0. The van der Waals surface area contributed by atoms with Crippen LogP contribution in [0.15, 0.2) is 41.8 Å². The quantitative estimate of drug-likeness (QED) is 0.618. The van der Waals surface area contributed by atoms with Crippen LogP contribution >= 0.6 is 11.8 Å². The standard InChI is InChI=1S/C14H17N3OS/c1-3-8-16-14(18)17-12-6-4-5-7-13(12)19-10-11(2)9-15/h3-7,11H,1,8,10H2,2H3,(H2,16,17,18). The number of carbonyl (C=O) groups excluding carboxylic acids is 1. The van der Waals surface area contributed by atoms with Gasteiger partial charge in [-0.05, 0) is 19.1 Å². The van der Waals surface area contributed by atoms with Crippen molar-refractivity contribution >= 4 is 23.5 Å². The molecule has 1 atom stereocenters. The van der Waals surface area contributed by atoms with Gasteiger partial charge in [-0.15, -0.1) is 18.3 Å². The van der Waals surface area contributed by atoms with Crippen molar-refractivity contribution in [1.29, 1.82) is 5.26 Å². The molecule has 0 aliphatic heterocycles. The number of hydrogen-bond donors (Lipinski definition) is 2. The third-order valence-corrected chi connectivity index (χ3v) is 3.59. The number of urea groups is 1. The van der Waals surface area contributed by atoms with Crippen molar-refractivity contribution in [2.75, 3.05) is 17.6 Å². The Labute approximate surface area is 117 Å². The maximum Gasteiger partial charge on any atom is 0.319 e. The molecule has 2 N–H and O–H groups in total. The van der Waals surface area contributed by atoms with E-state index in [9.17, 15) is 4.79 Å². The van der Waals surface area contributed by atoms with Crippen molar-refractivity contribution in [1.82, 2.24) is 5.32 Å². The highest BCUT2D eigenvalue weighted by atomic mass is 32.2. The Kier molecular flexibility index (Phi) is 6.55. The molecule has 1 rings (SSSR count). The molecule has 0 aliphatic rings. The van der Waals surface area contributed by atoms with Crippen LogP contribution in [0, 0.1) is 17.2 Å². The molecule has 0 spiro atoms. The zero-order valence-electron chi connectivity index (χ0n) is 10.8. The molecule has 0 saturated carbocycles. The van der Waals surface area contributed by atoms with Gasteiger partial charge in [0.15, 0.2) is 0 Å². The van der Waals surface area contributed by atoms with Crippen molar-refractivity contribution in [2.45, 2.75) is 11.8 Å². The average molecular weight is 275 g/mol. The minimum absolute atomic E-state index is 0.0207. The summed E-state index contributed by atoms with van der Waals surface area (Å²) in [7, 11) is 0. The SMILES string of the molecule is C=CCNC(=O)Nc1ccccc1SCC(C)C#N. The van der Waals surface area contributed by atoms with Gasteiger partial charge in [0.25, 0.3) is 0 Å². The molecule has 1 unspecified atom stereocenters. The zero-order valence-corrected chi connectivity index (χ0v) is 11.7. The van der Waals surface area contributed by atoms with Crippen LogP contribution in [-0.2, 0) is 0 Å². The Hall–Kier alpha value is -1.93. The fraction of sp³-hybridized carbons (Fsp3) is 0.286. The van der Waals surface area contributed by atoms with Gasteiger partial charge in [0.2, 0.25) is 0 Å². The summed E-state index contributed by atoms with van der Waals surface area (Å²) in [6.07, 6.45) is 1.62. The van der Waals surface area contributed by atoms with Crippen molar-refractivity contribution < 1.29 is 4.79 Å². The third-order valence-electron chi connectivity index (χ3n) is 2.25. The van der Waals surface area contributed by atoms with Crippen LogP contribution in [0.5, 0.6) is 0 Å². The van der Waals surface area contributed by atoms with Gasteiger partial charge in [-0.1, -0.05) is 18.2 Å². The Bertz CT molecular complexity index is 482. The lowest BCUT2D eigenvalue weighted by atomic mass is 10.3. The second-order valence-electron chi connectivity index (χ2n) is 3.96. The molecule has 19 heavy (non-hydrogen) atoms. The molecule has 4 nitrogen and oxygen atoms in total. The molecule has 0 saturated heterocycles. The van der Waals surface area contributed by atoms with Crippen LogP contribution in [0.4, 0.5) is 10.5 Å². The van der Waals surface area contributed by atoms with Crippen LogP contribution in [0.3, 0.4) is 0 Å². The Morgan fingerprint density at radius 3 is 3.00 bits per heavy atom. The number of rotatable bonds is 6. The number of carbonyl (C=O) groups is 1. The number of benzene rings is 1. The number of thioether (sulfide) groups is 1. The highest BCUT2D eigenvalue weighted by molar-refractivity contribution is 7.99. The first kappa shape index (κ1) is 15.1. The summed E-state index contributed by atoms with van der Waals surface area (Å²) in [4.78, 5) is 12.5. The normalized spacial score (nSPS) is 11.2. The van der Waals surface area contributed by atoms with E-state index in [2.05, 4.69) is 23.3 Å². The highest BCUT2D eigenvalue weighted by Crippen LogP contribution is 2.28. The fourth-order valence-corrected chi connectivity index (χ4v) is 2.23. The molecule has 0 aromatic heterocycles. The van der Waals surface area contributed by atoms with E-state index >= 15 is 0 Å². The van der Waals surface area contributed by atoms with Gasteiger partial charge in [0.05, 0.1) is 17.7 Å². The predicted octanol–water partition coefficient (Wildman–Crippen LogP) is 3.25. The lowest BCUT2D eigenvalue weighted by Crippen LogP contribution is -2.28. The maximum atomic E-state index is 11.6. The second kappa shape index (κ2) is 8.22. The summed E-state index contributed by atoms with van der Waals surface area (Å²) in [6, 6.07) is 9.47. The number of hydrogen-bond acceptors (Lipinski definition) is 3. The Morgan fingerprint density at radius 2 is 2.32 bits per heavy atom. The first-order chi connectivity index (χ1) is 9.17. The molecule has 0 heterocycles. The molecular formula is C14H17N3OS. The first-order valence-electron chi connectivity index (χ1n) is 5.94. The van der Waals surface area contributed by atoms with Gasteiger partial charge in [0.1, 0.15) is 0 Å². The smallest absolute Gasteiger partial charge is 0.319 e. The fourth-order valence-electron chi connectivity index (χ4n) is 1.28. The van der Waals surface area contributed by atoms with Crippen LogP contribution in [0.25, 0.3) is 0 Å². The van der Waals surface area contributed by atoms with E-state index in [0.717, 1.165) is 10.6 Å². The highest BCUT2D eigenvalue weighted by Gasteiger charge is 2.07. The molecule has 1 aromatic carbocycles. The summed E-state index contributed by atoms with van der Waals surface area (Å²) in [5, 5.41) is 14.2. The van der Waals surface area contributed by atoms with Crippen molar-refractivity contribution in [3.05, 3.63) is 36.9 Å². The predicted molar refractivity (Wildman–Crippen MR) is 79.2 cm³/mol. The topological polar surface area (TPSA) is 64.9 Å². The van der Waals surface area contributed by atoms with Gasteiger partial charge in [-0.25, -0.2) is 4.79 Å². The van der Waals surface area contributed by atoms with E-state index in [-0.39, 0.29) is 11.9 Å². The van der Waals surface area contributed by atoms with E-state index in [4.69, 9.17) is 5.26 Å². The van der Waals surface area contributed by atoms with Gasteiger partial charge in [-0.3, -0.25) is 0 Å². The lowest BCUT2D eigenvalue weighted by molar-refractivity contribution is 0.253. The summed E-state index contributed by atoms with van der Waals surface area (Å²) in [6.45, 7) is 5.84. The molecule has 0 fully saturated rings. The number of anilines is 1. The van der Waals surface area contributed by atoms with Crippen molar-refractivity contribution in [3.8, 4) is 6.07 Å². The van der Waals surface area contributed by atoms with E-state index in [1.54, 1.807) is 17.8 Å². The Balaban J connectivity index is 2.65. The molecule has 100 valence electrons. The number of nitrogens with one attached hydrogen (secondary N) is 2. The first-order valence-corrected chi connectivity index (χ1v) is 6.93. The average Bonchev–Trinajstić information content (AvgIpc) is 2.43. The number of para-hydroxylation sites is 1. The molecule has 1 aromatic rings. The number of amides is 2. The number of nitriles is 1.